The molecule has 1 amide bonds. The average Bonchev–Trinajstić information content (AvgIpc) is 3.09. The van der Waals surface area contributed by atoms with Gasteiger partial charge < -0.3 is 5.32 Å². The summed E-state index contributed by atoms with van der Waals surface area (Å²) in [5.41, 5.74) is 2.28. The summed E-state index contributed by atoms with van der Waals surface area (Å²) < 4.78 is 1.62. The van der Waals surface area contributed by atoms with E-state index in [2.05, 4.69) is 15.4 Å². The number of benzene rings is 2. The van der Waals surface area contributed by atoms with E-state index < -0.39 is 0 Å². The number of amides is 1. The Balaban J connectivity index is 1.71. The van der Waals surface area contributed by atoms with E-state index in [9.17, 15) is 4.79 Å². The van der Waals surface area contributed by atoms with Crippen LogP contribution < -0.4 is 5.32 Å². The third kappa shape index (κ3) is 3.84. The molecule has 0 unspecified atom stereocenters. The number of nitrogens with one attached hydrogen (secondary N) is 1. The quantitative estimate of drug-likeness (QED) is 0.746. The predicted octanol–water partition coefficient (Wildman–Crippen LogP) is 3.57. The van der Waals surface area contributed by atoms with Crippen molar-refractivity contribution >= 4 is 29.3 Å². The van der Waals surface area contributed by atoms with E-state index in [1.165, 1.54) is 12.4 Å². The van der Waals surface area contributed by atoms with Crippen LogP contribution in [0.2, 0.25) is 5.02 Å². The lowest BCUT2D eigenvalue weighted by Gasteiger charge is -2.05. The Morgan fingerprint density at radius 2 is 2.04 bits per heavy atom. The van der Waals surface area contributed by atoms with Gasteiger partial charge in [-0.3, -0.25) is 4.79 Å². The normalized spacial score (nSPS) is 10.8. The van der Waals surface area contributed by atoms with Gasteiger partial charge >= 0.3 is 0 Å². The van der Waals surface area contributed by atoms with E-state index in [0.29, 0.717) is 10.7 Å². The van der Waals surface area contributed by atoms with Crippen molar-refractivity contribution in [1.82, 2.24) is 14.8 Å². The second-order valence-corrected chi connectivity index (χ2v) is 5.14. The van der Waals surface area contributed by atoms with Gasteiger partial charge in [0.1, 0.15) is 12.7 Å². The molecule has 114 valence electrons. The molecule has 3 rings (SSSR count). The minimum absolute atomic E-state index is 0.235. The first kappa shape index (κ1) is 15.0. The maximum atomic E-state index is 12.0. The molecule has 0 atom stereocenters. The third-order valence-electron chi connectivity index (χ3n) is 3.12. The van der Waals surface area contributed by atoms with Crippen LogP contribution in [0.25, 0.3) is 11.8 Å². The van der Waals surface area contributed by atoms with Crippen molar-refractivity contribution in [1.29, 1.82) is 0 Å². The molecule has 0 aliphatic rings. The van der Waals surface area contributed by atoms with E-state index in [1.54, 1.807) is 23.2 Å². The molecule has 1 N–H and O–H groups in total. The molecule has 0 fully saturated rings. The topological polar surface area (TPSA) is 59.8 Å². The highest BCUT2D eigenvalue weighted by Crippen LogP contribution is 2.17. The zero-order valence-electron chi connectivity index (χ0n) is 12.1. The van der Waals surface area contributed by atoms with Gasteiger partial charge in [-0.2, -0.15) is 5.10 Å². The molecule has 3 aromatic rings. The molecule has 0 aliphatic heterocycles. The van der Waals surface area contributed by atoms with Crippen LogP contribution in [0.5, 0.6) is 0 Å². The van der Waals surface area contributed by atoms with Gasteiger partial charge in [-0.05, 0) is 35.9 Å². The predicted molar refractivity (Wildman–Crippen MR) is 90.5 cm³/mol. The average molecular weight is 325 g/mol. The number of halogens is 1. The second-order valence-electron chi connectivity index (χ2n) is 4.73. The molecule has 0 aliphatic carbocycles. The minimum atomic E-state index is -0.235. The van der Waals surface area contributed by atoms with Gasteiger partial charge in [-0.15, -0.1) is 0 Å². The summed E-state index contributed by atoms with van der Waals surface area (Å²) in [4.78, 5) is 15.9. The standard InChI is InChI=1S/C17H13ClN4O/c18-16-7-2-1-4-13(16)8-9-17(23)21-14-5-3-6-15(10-14)22-12-19-11-20-22/h1-12H,(H,21,23)/b9-8+. The molecular formula is C17H13ClN4O. The number of carbonyl (C=O) groups excluding carboxylic acids is 1. The van der Waals surface area contributed by atoms with Crippen LogP contribution in [0.4, 0.5) is 5.69 Å². The zero-order chi connectivity index (χ0) is 16.1. The van der Waals surface area contributed by atoms with Crippen LogP contribution in [0.3, 0.4) is 0 Å². The molecule has 0 saturated carbocycles. The van der Waals surface area contributed by atoms with Gasteiger partial charge in [0.05, 0.1) is 5.69 Å². The van der Waals surface area contributed by atoms with Crippen LogP contribution in [-0.2, 0) is 4.79 Å². The highest BCUT2D eigenvalue weighted by molar-refractivity contribution is 6.32. The fourth-order valence-corrected chi connectivity index (χ4v) is 2.23. The van der Waals surface area contributed by atoms with Crippen molar-refractivity contribution in [3.63, 3.8) is 0 Å². The SMILES string of the molecule is O=C(/C=C/c1ccccc1Cl)Nc1cccc(-n2cncn2)c1. The van der Waals surface area contributed by atoms with Crippen LogP contribution in [-0.4, -0.2) is 20.7 Å². The monoisotopic (exact) mass is 324 g/mol. The first-order chi connectivity index (χ1) is 11.2. The number of rotatable bonds is 4. The van der Waals surface area contributed by atoms with Gasteiger partial charge in [0.25, 0.3) is 0 Å². The highest BCUT2D eigenvalue weighted by atomic mass is 35.5. The number of hydrogen-bond acceptors (Lipinski definition) is 3. The Hall–Kier alpha value is -2.92. The largest absolute Gasteiger partial charge is 0.322 e. The van der Waals surface area contributed by atoms with Crippen molar-refractivity contribution < 1.29 is 4.79 Å². The first-order valence-corrected chi connectivity index (χ1v) is 7.29. The second kappa shape index (κ2) is 6.89. The van der Waals surface area contributed by atoms with Crippen LogP contribution >= 0.6 is 11.6 Å². The summed E-state index contributed by atoms with van der Waals surface area (Å²) in [6, 6.07) is 14.7. The first-order valence-electron chi connectivity index (χ1n) is 6.91. The molecule has 1 heterocycles. The van der Waals surface area contributed by atoms with Crippen molar-refractivity contribution in [2.45, 2.75) is 0 Å². The molecule has 23 heavy (non-hydrogen) atoms. The summed E-state index contributed by atoms with van der Waals surface area (Å²) in [7, 11) is 0. The zero-order valence-corrected chi connectivity index (χ0v) is 12.8. The molecule has 2 aromatic carbocycles. The summed E-state index contributed by atoms with van der Waals surface area (Å²) in [6.07, 6.45) is 6.18. The Labute approximate surface area is 138 Å². The van der Waals surface area contributed by atoms with E-state index in [-0.39, 0.29) is 5.91 Å². The lowest BCUT2D eigenvalue weighted by Crippen LogP contribution is -2.08. The molecule has 0 spiro atoms. The van der Waals surface area contributed by atoms with Gasteiger partial charge in [-0.25, -0.2) is 9.67 Å². The van der Waals surface area contributed by atoms with E-state index in [0.717, 1.165) is 11.3 Å². The number of nitrogens with zero attached hydrogens (tertiary/aromatic N) is 3. The molecule has 0 bridgehead atoms. The van der Waals surface area contributed by atoms with E-state index in [4.69, 9.17) is 11.6 Å². The Morgan fingerprint density at radius 3 is 2.83 bits per heavy atom. The molecule has 5 nitrogen and oxygen atoms in total. The van der Waals surface area contributed by atoms with Crippen LogP contribution in [0.1, 0.15) is 5.56 Å². The third-order valence-corrected chi connectivity index (χ3v) is 3.46. The lowest BCUT2D eigenvalue weighted by atomic mass is 10.2. The molecular weight excluding hydrogens is 312 g/mol. The molecule has 0 radical (unpaired) electrons. The van der Waals surface area contributed by atoms with Gasteiger partial charge in [0.15, 0.2) is 0 Å². The number of carbonyl (C=O) groups is 1. The summed E-state index contributed by atoms with van der Waals surface area (Å²) >= 11 is 6.05. The maximum Gasteiger partial charge on any atom is 0.248 e. The highest BCUT2D eigenvalue weighted by Gasteiger charge is 2.02. The molecule has 1 aromatic heterocycles. The Morgan fingerprint density at radius 1 is 1.17 bits per heavy atom. The lowest BCUT2D eigenvalue weighted by molar-refractivity contribution is -0.111. The fourth-order valence-electron chi connectivity index (χ4n) is 2.03. The van der Waals surface area contributed by atoms with Crippen molar-refractivity contribution in [2.24, 2.45) is 0 Å². The number of anilines is 1. The number of aromatic nitrogens is 3. The molecule has 6 heteroatoms. The van der Waals surface area contributed by atoms with E-state index >= 15 is 0 Å². The van der Waals surface area contributed by atoms with Crippen molar-refractivity contribution in [3.8, 4) is 5.69 Å². The van der Waals surface area contributed by atoms with Crippen LogP contribution in [0, 0.1) is 0 Å². The van der Waals surface area contributed by atoms with E-state index in [1.807, 2.05) is 42.5 Å². The van der Waals surface area contributed by atoms with Gasteiger partial charge in [0, 0.05) is 16.8 Å². The number of hydrogen-bond donors (Lipinski definition) is 1. The van der Waals surface area contributed by atoms with Crippen molar-refractivity contribution in [3.05, 3.63) is 77.8 Å². The Bertz CT molecular complexity index is 843. The minimum Gasteiger partial charge on any atom is -0.322 e. The van der Waals surface area contributed by atoms with Crippen molar-refractivity contribution in [2.75, 3.05) is 5.32 Å². The smallest absolute Gasteiger partial charge is 0.248 e. The summed E-state index contributed by atoms with van der Waals surface area (Å²) in [5, 5.41) is 7.46. The maximum absolute atomic E-state index is 12.0. The summed E-state index contributed by atoms with van der Waals surface area (Å²) in [5.74, 6) is -0.235. The van der Waals surface area contributed by atoms with Gasteiger partial charge in [-0.1, -0.05) is 35.9 Å². The molecule has 0 saturated heterocycles. The summed E-state index contributed by atoms with van der Waals surface area (Å²) in [6.45, 7) is 0. The Kier molecular flexibility index (Phi) is 4.49. The van der Waals surface area contributed by atoms with Crippen LogP contribution in [0.15, 0.2) is 67.3 Å². The van der Waals surface area contributed by atoms with Gasteiger partial charge in [0.2, 0.25) is 5.91 Å². The fraction of sp³-hybridized carbons (Fsp3) is 0.